The molecule has 1 N–H and O–H groups in total. The van der Waals surface area contributed by atoms with E-state index in [-0.39, 0.29) is 24.1 Å². The summed E-state index contributed by atoms with van der Waals surface area (Å²) in [5.41, 5.74) is 0.441. The van der Waals surface area contributed by atoms with E-state index in [4.69, 9.17) is 4.74 Å². The summed E-state index contributed by atoms with van der Waals surface area (Å²) in [4.78, 5) is 31.1. The van der Waals surface area contributed by atoms with Gasteiger partial charge in [-0.25, -0.2) is 4.98 Å². The molecule has 1 aliphatic rings. The van der Waals surface area contributed by atoms with Crippen molar-refractivity contribution >= 4 is 16.8 Å². The van der Waals surface area contributed by atoms with Crippen molar-refractivity contribution in [3.05, 3.63) is 40.9 Å². The number of fused-ring (bicyclic) bond motifs is 1. The molecule has 0 saturated carbocycles. The zero-order valence-corrected chi connectivity index (χ0v) is 13.8. The van der Waals surface area contributed by atoms with E-state index in [0.717, 1.165) is 32.8 Å². The molecule has 0 aliphatic carbocycles. The fourth-order valence-corrected chi connectivity index (χ4v) is 2.91. The molecule has 1 aromatic heterocycles. The van der Waals surface area contributed by atoms with Crippen molar-refractivity contribution in [1.29, 1.82) is 0 Å². The third-order valence-electron chi connectivity index (χ3n) is 4.09. The van der Waals surface area contributed by atoms with Gasteiger partial charge in [0, 0.05) is 25.7 Å². The quantitative estimate of drug-likeness (QED) is 0.849. The van der Waals surface area contributed by atoms with Gasteiger partial charge in [0.1, 0.15) is 6.54 Å². The van der Waals surface area contributed by atoms with Gasteiger partial charge < -0.3 is 10.1 Å². The monoisotopic (exact) mass is 330 g/mol. The molecule has 1 aromatic carbocycles. The highest BCUT2D eigenvalue weighted by molar-refractivity contribution is 5.78. The minimum Gasteiger partial charge on any atom is -0.379 e. The maximum atomic E-state index is 12.4. The maximum Gasteiger partial charge on any atom is 0.261 e. The molecule has 1 aliphatic heterocycles. The number of hydrogen-bond acceptors (Lipinski definition) is 5. The first-order chi connectivity index (χ1) is 11.6. The van der Waals surface area contributed by atoms with Gasteiger partial charge in [0.15, 0.2) is 0 Å². The number of carbonyl (C=O) groups is 1. The average Bonchev–Trinajstić information content (AvgIpc) is 2.58. The largest absolute Gasteiger partial charge is 0.379 e. The number of nitrogens with zero attached hydrogens (tertiary/aromatic N) is 3. The Morgan fingerprint density at radius 3 is 2.88 bits per heavy atom. The molecule has 2 heterocycles. The molecule has 0 unspecified atom stereocenters. The Morgan fingerprint density at radius 2 is 2.08 bits per heavy atom. The van der Waals surface area contributed by atoms with Gasteiger partial charge in [0.2, 0.25) is 5.91 Å². The lowest BCUT2D eigenvalue weighted by Gasteiger charge is -2.29. The molecule has 0 radical (unpaired) electrons. The standard InChI is InChI=1S/C17H22N4O3/c1-13(10-20-6-8-24-9-7-20)19-16(22)11-21-12-18-15-5-3-2-4-14(15)17(21)23/h2-5,12-13H,6-11H2,1H3,(H,19,22)/t13-/m1/s1. The smallest absolute Gasteiger partial charge is 0.261 e. The molecule has 1 saturated heterocycles. The Balaban J connectivity index is 1.60. The van der Waals surface area contributed by atoms with Crippen LogP contribution in [0, 0.1) is 0 Å². The van der Waals surface area contributed by atoms with Gasteiger partial charge in [-0.2, -0.15) is 0 Å². The summed E-state index contributed by atoms with van der Waals surface area (Å²) in [5, 5.41) is 3.46. The number of morpholine rings is 1. The number of aromatic nitrogens is 2. The minimum atomic E-state index is -0.198. The molecule has 3 rings (SSSR count). The van der Waals surface area contributed by atoms with E-state index < -0.39 is 0 Å². The number of rotatable bonds is 5. The summed E-state index contributed by atoms with van der Waals surface area (Å²) >= 11 is 0. The molecule has 1 amide bonds. The highest BCUT2D eigenvalue weighted by Crippen LogP contribution is 2.04. The second-order valence-electron chi connectivity index (χ2n) is 6.08. The lowest BCUT2D eigenvalue weighted by molar-refractivity contribution is -0.122. The van der Waals surface area contributed by atoms with Crippen molar-refractivity contribution in [2.45, 2.75) is 19.5 Å². The third-order valence-corrected chi connectivity index (χ3v) is 4.09. The number of benzene rings is 1. The number of ether oxygens (including phenoxy) is 1. The zero-order valence-electron chi connectivity index (χ0n) is 13.8. The van der Waals surface area contributed by atoms with Crippen molar-refractivity contribution in [2.24, 2.45) is 0 Å². The third kappa shape index (κ3) is 3.98. The van der Waals surface area contributed by atoms with Crippen molar-refractivity contribution in [3.63, 3.8) is 0 Å². The highest BCUT2D eigenvalue weighted by Gasteiger charge is 2.16. The number of nitrogens with one attached hydrogen (secondary N) is 1. The number of amides is 1. The first-order valence-corrected chi connectivity index (χ1v) is 8.17. The summed E-state index contributed by atoms with van der Waals surface area (Å²) < 4.78 is 6.66. The molecule has 128 valence electrons. The Labute approximate surface area is 140 Å². The molecule has 1 atom stereocenters. The first kappa shape index (κ1) is 16.6. The Kier molecular flexibility index (Phi) is 5.22. The first-order valence-electron chi connectivity index (χ1n) is 8.17. The highest BCUT2D eigenvalue weighted by atomic mass is 16.5. The number of para-hydroxylation sites is 1. The Hall–Kier alpha value is -2.25. The van der Waals surface area contributed by atoms with Gasteiger partial charge in [-0.05, 0) is 19.1 Å². The van der Waals surface area contributed by atoms with Gasteiger partial charge in [-0.3, -0.25) is 19.1 Å². The molecule has 7 heteroatoms. The summed E-state index contributed by atoms with van der Waals surface area (Å²) in [6, 6.07) is 7.14. The van der Waals surface area contributed by atoms with Crippen LogP contribution in [0.1, 0.15) is 6.92 Å². The van der Waals surface area contributed by atoms with Crippen LogP contribution in [0.3, 0.4) is 0 Å². The van der Waals surface area contributed by atoms with Crippen LogP contribution in [0.5, 0.6) is 0 Å². The van der Waals surface area contributed by atoms with Crippen LogP contribution in [0.4, 0.5) is 0 Å². The second kappa shape index (κ2) is 7.55. The van der Waals surface area contributed by atoms with Crippen LogP contribution in [0.15, 0.2) is 35.4 Å². The number of hydrogen-bond donors (Lipinski definition) is 1. The van der Waals surface area contributed by atoms with Gasteiger partial charge >= 0.3 is 0 Å². The van der Waals surface area contributed by atoms with Crippen molar-refractivity contribution < 1.29 is 9.53 Å². The van der Waals surface area contributed by atoms with Gasteiger partial charge in [0.25, 0.3) is 5.56 Å². The molecule has 7 nitrogen and oxygen atoms in total. The van der Waals surface area contributed by atoms with Crippen LogP contribution in [0.2, 0.25) is 0 Å². The summed E-state index contributed by atoms with van der Waals surface area (Å²) in [6.45, 7) is 5.96. The zero-order chi connectivity index (χ0) is 16.9. The van der Waals surface area contributed by atoms with Crippen molar-refractivity contribution in [2.75, 3.05) is 32.8 Å². The van der Waals surface area contributed by atoms with E-state index in [1.807, 2.05) is 13.0 Å². The molecule has 0 spiro atoms. The Morgan fingerprint density at radius 1 is 1.33 bits per heavy atom. The van der Waals surface area contributed by atoms with E-state index in [9.17, 15) is 9.59 Å². The van der Waals surface area contributed by atoms with Crippen LogP contribution in [-0.2, 0) is 16.1 Å². The van der Waals surface area contributed by atoms with E-state index in [1.54, 1.807) is 18.2 Å². The van der Waals surface area contributed by atoms with E-state index in [1.165, 1.54) is 10.9 Å². The molecule has 1 fully saturated rings. The molecule has 24 heavy (non-hydrogen) atoms. The van der Waals surface area contributed by atoms with Crippen LogP contribution >= 0.6 is 0 Å². The average molecular weight is 330 g/mol. The normalized spacial score (nSPS) is 16.9. The molecular formula is C17H22N4O3. The Bertz CT molecular complexity index is 768. The van der Waals surface area contributed by atoms with Gasteiger partial charge in [0.05, 0.1) is 30.4 Å². The predicted molar refractivity (Wildman–Crippen MR) is 90.9 cm³/mol. The fourth-order valence-electron chi connectivity index (χ4n) is 2.91. The topological polar surface area (TPSA) is 76.5 Å². The van der Waals surface area contributed by atoms with Crippen molar-refractivity contribution in [3.8, 4) is 0 Å². The summed E-state index contributed by atoms with van der Waals surface area (Å²) in [5.74, 6) is -0.185. The van der Waals surface area contributed by atoms with E-state index >= 15 is 0 Å². The SMILES string of the molecule is C[C@H](CN1CCOCC1)NC(=O)Cn1cnc2ccccc2c1=O. The summed E-state index contributed by atoms with van der Waals surface area (Å²) in [6.07, 6.45) is 1.43. The molecular weight excluding hydrogens is 308 g/mol. The predicted octanol–water partition coefficient (Wildman–Crippen LogP) is 0.233. The van der Waals surface area contributed by atoms with Gasteiger partial charge in [-0.15, -0.1) is 0 Å². The summed E-state index contributed by atoms with van der Waals surface area (Å²) in [7, 11) is 0. The minimum absolute atomic E-state index is 0.0136. The maximum absolute atomic E-state index is 12.4. The van der Waals surface area contributed by atoms with Crippen LogP contribution in [0.25, 0.3) is 10.9 Å². The lowest BCUT2D eigenvalue weighted by Crippen LogP contribution is -2.47. The van der Waals surface area contributed by atoms with Gasteiger partial charge in [-0.1, -0.05) is 12.1 Å². The molecule has 0 bridgehead atoms. The lowest BCUT2D eigenvalue weighted by atomic mass is 10.2. The second-order valence-corrected chi connectivity index (χ2v) is 6.08. The van der Waals surface area contributed by atoms with Crippen molar-refractivity contribution in [1.82, 2.24) is 19.8 Å². The van der Waals surface area contributed by atoms with E-state index in [2.05, 4.69) is 15.2 Å². The molecule has 2 aromatic rings. The number of carbonyl (C=O) groups excluding carboxylic acids is 1. The van der Waals surface area contributed by atoms with E-state index in [0.29, 0.717) is 10.9 Å². The van der Waals surface area contributed by atoms with Crippen LogP contribution < -0.4 is 10.9 Å². The van der Waals surface area contributed by atoms with Crippen LogP contribution in [-0.4, -0.2) is 59.2 Å². The fraction of sp³-hybridized carbons (Fsp3) is 0.471.